The van der Waals surface area contributed by atoms with Gasteiger partial charge in [0.25, 0.3) is 0 Å². The van der Waals surface area contributed by atoms with Crippen LogP contribution >= 0.6 is 0 Å². The maximum absolute atomic E-state index is 13.4. The number of ketones is 1. The third-order valence-electron chi connectivity index (χ3n) is 6.50. The Morgan fingerprint density at radius 3 is 1.92 bits per heavy atom. The zero-order chi connectivity index (χ0) is 26.5. The Morgan fingerprint density at radius 1 is 0.838 bits per heavy atom. The summed E-state index contributed by atoms with van der Waals surface area (Å²) in [6.07, 6.45) is 2.83. The molecule has 0 aliphatic rings. The van der Waals surface area contributed by atoms with Gasteiger partial charge in [0.1, 0.15) is 5.92 Å². The number of carbonyl (C=O) groups excluding carboxylic acids is 2. The van der Waals surface area contributed by atoms with Gasteiger partial charge in [-0.15, -0.1) is 0 Å². The minimum Gasteiger partial charge on any atom is -0.481 e. The van der Waals surface area contributed by atoms with E-state index in [1.165, 1.54) is 0 Å². The smallest absolute Gasteiger partial charge is 0.314 e. The predicted molar refractivity (Wildman–Crippen MR) is 137 cm³/mol. The number of para-hydroxylation sites is 2. The Hall–Kier alpha value is -4.44. The van der Waals surface area contributed by atoms with Gasteiger partial charge in [0.05, 0.1) is 12.1 Å². The third-order valence-corrected chi connectivity index (χ3v) is 6.50. The number of nitrogens with one attached hydrogen (secondary N) is 3. The molecule has 0 aliphatic carbocycles. The molecule has 0 bridgehead atoms. The van der Waals surface area contributed by atoms with E-state index in [2.05, 4.69) is 15.3 Å². The monoisotopic (exact) mass is 504 g/mol. The van der Waals surface area contributed by atoms with E-state index in [0.29, 0.717) is 5.56 Å². The lowest BCUT2D eigenvalue weighted by atomic mass is 9.89. The standard InChI is InChI=1S/C27H28N4O6/c28-20(11-15-13-29-21-7-3-1-5-17(15)21)26(35)31-23(25(34)19(27(36)37)9-10-24(32)33)12-16-14-30-22-8-4-2-6-18(16)22/h1-8,13-14,19-20,23,29-30H,9-12,28H2,(H,31,35)(H,32,33)(H,36,37)/t19?,20-,23-/m0/s1. The molecule has 2 aromatic carbocycles. The van der Waals surface area contributed by atoms with E-state index < -0.39 is 48.1 Å². The number of hydrogen-bond donors (Lipinski definition) is 6. The number of H-pyrrole nitrogens is 2. The number of carboxylic acid groups (broad SMARTS) is 2. The number of carboxylic acids is 2. The van der Waals surface area contributed by atoms with Crippen molar-refractivity contribution >= 4 is 45.4 Å². The Balaban J connectivity index is 1.57. The predicted octanol–water partition coefficient (Wildman–Crippen LogP) is 2.38. The van der Waals surface area contributed by atoms with Gasteiger partial charge in [0.2, 0.25) is 5.91 Å². The first kappa shape index (κ1) is 25.6. The summed E-state index contributed by atoms with van der Waals surface area (Å²) in [5.41, 5.74) is 9.48. The van der Waals surface area contributed by atoms with E-state index in [-0.39, 0.29) is 19.3 Å². The summed E-state index contributed by atoms with van der Waals surface area (Å²) in [5.74, 6) is -5.61. The van der Waals surface area contributed by atoms with Crippen molar-refractivity contribution in [1.82, 2.24) is 15.3 Å². The summed E-state index contributed by atoms with van der Waals surface area (Å²) >= 11 is 0. The molecule has 3 atom stereocenters. The molecule has 10 heteroatoms. The minimum absolute atomic E-state index is 0.0191. The van der Waals surface area contributed by atoms with Crippen molar-refractivity contribution in [2.75, 3.05) is 0 Å². The molecule has 0 radical (unpaired) electrons. The zero-order valence-corrected chi connectivity index (χ0v) is 19.9. The highest BCUT2D eigenvalue weighted by atomic mass is 16.4. The van der Waals surface area contributed by atoms with Crippen LogP contribution in [0.25, 0.3) is 21.8 Å². The van der Waals surface area contributed by atoms with Gasteiger partial charge in [-0.2, -0.15) is 0 Å². The average molecular weight is 505 g/mol. The summed E-state index contributed by atoms with van der Waals surface area (Å²) < 4.78 is 0. The van der Waals surface area contributed by atoms with Crippen LogP contribution in [0.2, 0.25) is 0 Å². The first-order valence-electron chi connectivity index (χ1n) is 11.9. The number of nitrogens with two attached hydrogens (primary N) is 1. The van der Waals surface area contributed by atoms with Crippen LogP contribution in [0.5, 0.6) is 0 Å². The molecular weight excluding hydrogens is 476 g/mol. The number of Topliss-reactive ketones (excluding diaryl/α,β-unsaturated/α-hetero) is 1. The molecule has 0 aliphatic heterocycles. The average Bonchev–Trinajstić information content (AvgIpc) is 3.47. The maximum Gasteiger partial charge on any atom is 0.314 e. The fourth-order valence-electron chi connectivity index (χ4n) is 4.55. The van der Waals surface area contributed by atoms with Crippen LogP contribution in [-0.4, -0.2) is 55.9 Å². The summed E-state index contributed by atoms with van der Waals surface area (Å²) in [7, 11) is 0. The summed E-state index contributed by atoms with van der Waals surface area (Å²) in [4.78, 5) is 55.6. The molecule has 192 valence electrons. The van der Waals surface area contributed by atoms with Crippen molar-refractivity contribution in [3.63, 3.8) is 0 Å². The third kappa shape index (κ3) is 5.87. The van der Waals surface area contributed by atoms with Crippen LogP contribution in [0.15, 0.2) is 60.9 Å². The topological polar surface area (TPSA) is 178 Å². The van der Waals surface area contributed by atoms with Crippen LogP contribution in [-0.2, 0) is 32.0 Å². The van der Waals surface area contributed by atoms with Crippen LogP contribution in [0.4, 0.5) is 0 Å². The lowest BCUT2D eigenvalue weighted by Gasteiger charge is -2.23. The SMILES string of the molecule is N[C@@H](Cc1c[nH]c2ccccc12)C(=O)N[C@@H](Cc1c[nH]c2ccccc12)C(=O)C(CCC(=O)O)C(=O)O. The Morgan fingerprint density at radius 2 is 1.38 bits per heavy atom. The molecule has 1 amide bonds. The summed E-state index contributed by atoms with van der Waals surface area (Å²) in [6, 6.07) is 12.8. The largest absolute Gasteiger partial charge is 0.481 e. The quantitative estimate of drug-likeness (QED) is 0.160. The Bertz CT molecular complexity index is 1460. The fraction of sp³-hybridized carbons (Fsp3) is 0.259. The van der Waals surface area contributed by atoms with Gasteiger partial charge >= 0.3 is 11.9 Å². The molecule has 1 unspecified atom stereocenters. The highest BCUT2D eigenvalue weighted by Gasteiger charge is 2.35. The molecule has 4 aromatic rings. The van der Waals surface area contributed by atoms with Crippen LogP contribution in [0.3, 0.4) is 0 Å². The van der Waals surface area contributed by atoms with E-state index in [9.17, 15) is 24.3 Å². The second-order valence-electron chi connectivity index (χ2n) is 9.02. The van der Waals surface area contributed by atoms with Crippen LogP contribution < -0.4 is 11.1 Å². The zero-order valence-electron chi connectivity index (χ0n) is 19.9. The van der Waals surface area contributed by atoms with Gasteiger partial charge in [0, 0.05) is 47.0 Å². The number of benzene rings is 2. The van der Waals surface area contributed by atoms with E-state index in [0.717, 1.165) is 27.4 Å². The molecule has 7 N–H and O–H groups in total. The van der Waals surface area contributed by atoms with Gasteiger partial charge in [-0.1, -0.05) is 36.4 Å². The molecular formula is C27H28N4O6. The summed E-state index contributed by atoms with van der Waals surface area (Å²) in [5, 5.41) is 23.1. The number of hydrogen-bond acceptors (Lipinski definition) is 5. The van der Waals surface area contributed by atoms with Gasteiger partial charge < -0.3 is 31.2 Å². The Labute approximate surface area is 211 Å². The molecule has 0 fully saturated rings. The highest BCUT2D eigenvalue weighted by molar-refractivity contribution is 6.03. The second-order valence-corrected chi connectivity index (χ2v) is 9.02. The Kier molecular flexibility index (Phi) is 7.69. The van der Waals surface area contributed by atoms with E-state index in [4.69, 9.17) is 10.8 Å². The van der Waals surface area contributed by atoms with E-state index in [1.807, 2.05) is 48.5 Å². The van der Waals surface area contributed by atoms with Crippen molar-refractivity contribution < 1.29 is 29.4 Å². The first-order chi connectivity index (χ1) is 17.7. The molecule has 4 rings (SSSR count). The number of aromatic amines is 2. The molecule has 10 nitrogen and oxygen atoms in total. The minimum atomic E-state index is -1.59. The summed E-state index contributed by atoms with van der Waals surface area (Å²) in [6.45, 7) is 0. The lowest BCUT2D eigenvalue weighted by Crippen LogP contribution is -2.52. The van der Waals surface area contributed by atoms with Gasteiger partial charge in [-0.05, 0) is 36.1 Å². The van der Waals surface area contributed by atoms with Crippen molar-refractivity contribution in [2.45, 2.75) is 37.8 Å². The van der Waals surface area contributed by atoms with E-state index in [1.54, 1.807) is 12.4 Å². The fourth-order valence-corrected chi connectivity index (χ4v) is 4.55. The number of aliphatic carboxylic acids is 2. The number of fused-ring (bicyclic) bond motifs is 2. The van der Waals surface area contributed by atoms with Crippen molar-refractivity contribution in [3.8, 4) is 0 Å². The highest BCUT2D eigenvalue weighted by Crippen LogP contribution is 2.22. The molecule has 0 spiro atoms. The molecule has 0 saturated carbocycles. The number of aromatic nitrogens is 2. The number of rotatable bonds is 12. The maximum atomic E-state index is 13.4. The molecule has 2 aromatic heterocycles. The van der Waals surface area contributed by atoms with Crippen molar-refractivity contribution in [1.29, 1.82) is 0 Å². The number of carbonyl (C=O) groups is 4. The van der Waals surface area contributed by atoms with Gasteiger partial charge in [0.15, 0.2) is 5.78 Å². The van der Waals surface area contributed by atoms with Crippen molar-refractivity contribution in [2.24, 2.45) is 11.7 Å². The van der Waals surface area contributed by atoms with Gasteiger partial charge in [-0.3, -0.25) is 19.2 Å². The normalized spacial score (nSPS) is 13.8. The van der Waals surface area contributed by atoms with Crippen LogP contribution in [0.1, 0.15) is 24.0 Å². The molecule has 0 saturated heterocycles. The van der Waals surface area contributed by atoms with E-state index >= 15 is 0 Å². The second kappa shape index (κ2) is 11.1. The van der Waals surface area contributed by atoms with Crippen LogP contribution in [0, 0.1) is 5.92 Å². The lowest BCUT2D eigenvalue weighted by molar-refractivity contribution is -0.148. The first-order valence-corrected chi connectivity index (χ1v) is 11.9. The van der Waals surface area contributed by atoms with Crippen molar-refractivity contribution in [3.05, 3.63) is 72.1 Å². The molecule has 37 heavy (non-hydrogen) atoms. The number of amides is 1. The van der Waals surface area contributed by atoms with Gasteiger partial charge in [-0.25, -0.2) is 0 Å². The molecule has 2 heterocycles.